The molecule has 1 N–H and O–H groups in total. The molecule has 27 heavy (non-hydrogen) atoms. The molecule has 0 unspecified atom stereocenters. The second-order valence-corrected chi connectivity index (χ2v) is 6.38. The molecule has 0 saturated heterocycles. The molecule has 7 heteroatoms. The number of amides is 1. The number of fused-ring (bicyclic) bond motifs is 1. The summed E-state index contributed by atoms with van der Waals surface area (Å²) in [6, 6.07) is 12.2. The van der Waals surface area contributed by atoms with Crippen LogP contribution in [0.1, 0.15) is 12.2 Å². The van der Waals surface area contributed by atoms with Gasteiger partial charge >= 0.3 is 0 Å². The number of anilines is 1. The molecule has 1 amide bonds. The molecule has 1 aromatic heterocycles. The van der Waals surface area contributed by atoms with Crippen molar-refractivity contribution in [3.8, 4) is 11.3 Å². The summed E-state index contributed by atoms with van der Waals surface area (Å²) >= 11 is 0. The van der Waals surface area contributed by atoms with Crippen LogP contribution in [0.2, 0.25) is 0 Å². The van der Waals surface area contributed by atoms with Crippen molar-refractivity contribution in [3.05, 3.63) is 72.2 Å². The highest BCUT2D eigenvalue weighted by Gasteiger charge is 2.29. The van der Waals surface area contributed by atoms with E-state index in [1.54, 1.807) is 24.3 Å². The third kappa shape index (κ3) is 4.01. The Morgan fingerprint density at radius 3 is 2.63 bits per heavy atom. The molecule has 140 valence electrons. The van der Waals surface area contributed by atoms with Crippen LogP contribution in [0.15, 0.2) is 54.7 Å². The summed E-state index contributed by atoms with van der Waals surface area (Å²) in [6.45, 7) is 1.02. The SMILES string of the molecule is O=C(C[n+]1cc(-c2ccc(F)cc2)n2c1CCC2)Nc1cccc(F)c1.[Cl-]. The average Bonchev–Trinajstić information content (AvgIpc) is 3.20. The van der Waals surface area contributed by atoms with Crippen LogP contribution >= 0.6 is 0 Å². The standard InChI is InChI=1S/C20H17F2N3O.ClH/c21-15-8-6-14(7-9-15)18-12-24(20-5-2-10-25(18)20)13-19(26)23-17-4-1-3-16(22)11-17;/h1,3-4,6-9,11-12H,2,5,10,13H2;1H. The molecule has 3 aromatic rings. The fourth-order valence-corrected chi connectivity index (χ4v) is 3.42. The van der Waals surface area contributed by atoms with Gasteiger partial charge in [0.25, 0.3) is 11.7 Å². The van der Waals surface area contributed by atoms with Crippen LogP contribution in [0, 0.1) is 11.6 Å². The number of nitrogens with zero attached hydrogens (tertiary/aromatic N) is 2. The summed E-state index contributed by atoms with van der Waals surface area (Å²) in [4.78, 5) is 12.4. The van der Waals surface area contributed by atoms with Crippen molar-refractivity contribution < 1.29 is 30.5 Å². The van der Waals surface area contributed by atoms with E-state index in [1.807, 2.05) is 10.8 Å². The van der Waals surface area contributed by atoms with Crippen LogP contribution in [-0.4, -0.2) is 10.5 Å². The molecular weight excluding hydrogens is 372 g/mol. The highest BCUT2D eigenvalue weighted by molar-refractivity contribution is 5.89. The minimum absolute atomic E-state index is 0. The largest absolute Gasteiger partial charge is 1.00 e. The van der Waals surface area contributed by atoms with Gasteiger partial charge in [0.15, 0.2) is 12.2 Å². The molecule has 1 aliphatic heterocycles. The zero-order chi connectivity index (χ0) is 18.1. The zero-order valence-corrected chi connectivity index (χ0v) is 15.2. The van der Waals surface area contributed by atoms with Gasteiger partial charge in [-0.3, -0.25) is 4.79 Å². The Morgan fingerprint density at radius 2 is 1.89 bits per heavy atom. The van der Waals surface area contributed by atoms with Gasteiger partial charge in [0.1, 0.15) is 17.8 Å². The summed E-state index contributed by atoms with van der Waals surface area (Å²) in [6.07, 6.45) is 3.82. The van der Waals surface area contributed by atoms with E-state index >= 15 is 0 Å². The molecule has 0 saturated carbocycles. The lowest BCUT2D eigenvalue weighted by Crippen LogP contribution is -3.00. The first-order chi connectivity index (χ1) is 12.6. The van der Waals surface area contributed by atoms with E-state index in [1.165, 1.54) is 24.3 Å². The van der Waals surface area contributed by atoms with E-state index in [0.717, 1.165) is 36.5 Å². The van der Waals surface area contributed by atoms with Crippen molar-refractivity contribution in [2.45, 2.75) is 25.9 Å². The van der Waals surface area contributed by atoms with Gasteiger partial charge in [-0.25, -0.2) is 17.9 Å². The number of hydrogen-bond acceptors (Lipinski definition) is 1. The predicted molar refractivity (Wildman–Crippen MR) is 93.4 cm³/mol. The smallest absolute Gasteiger partial charge is 0.266 e. The quantitative estimate of drug-likeness (QED) is 0.641. The summed E-state index contributed by atoms with van der Waals surface area (Å²) in [5.74, 6) is 0.188. The predicted octanol–water partition coefficient (Wildman–Crippen LogP) is 0.310. The van der Waals surface area contributed by atoms with E-state index in [0.29, 0.717) is 5.69 Å². The van der Waals surface area contributed by atoms with Gasteiger partial charge in [-0.05, 0) is 48.9 Å². The molecule has 0 aliphatic carbocycles. The molecular formula is C20H18ClF2N3O. The van der Waals surface area contributed by atoms with Crippen molar-refractivity contribution >= 4 is 11.6 Å². The van der Waals surface area contributed by atoms with E-state index < -0.39 is 0 Å². The topological polar surface area (TPSA) is 37.9 Å². The van der Waals surface area contributed by atoms with E-state index in [9.17, 15) is 13.6 Å². The lowest BCUT2D eigenvalue weighted by Gasteiger charge is -2.04. The van der Waals surface area contributed by atoms with Crippen molar-refractivity contribution in [1.29, 1.82) is 0 Å². The van der Waals surface area contributed by atoms with Crippen LogP contribution in [0.3, 0.4) is 0 Å². The molecule has 0 radical (unpaired) electrons. The molecule has 0 fully saturated rings. The molecule has 2 aromatic carbocycles. The van der Waals surface area contributed by atoms with Crippen LogP contribution in [0.25, 0.3) is 11.3 Å². The molecule has 4 rings (SSSR count). The fraction of sp³-hybridized carbons (Fsp3) is 0.200. The fourth-order valence-electron chi connectivity index (χ4n) is 3.42. The Balaban J connectivity index is 0.00000210. The molecule has 0 bridgehead atoms. The second kappa shape index (κ2) is 7.88. The summed E-state index contributed by atoms with van der Waals surface area (Å²) in [7, 11) is 0. The Labute approximate surface area is 161 Å². The summed E-state index contributed by atoms with van der Waals surface area (Å²) in [5.41, 5.74) is 2.32. The van der Waals surface area contributed by atoms with Gasteiger partial charge in [0.05, 0.1) is 13.0 Å². The Kier molecular flexibility index (Phi) is 5.56. The molecule has 0 spiro atoms. The summed E-state index contributed by atoms with van der Waals surface area (Å²) < 4.78 is 30.5. The number of rotatable bonds is 4. The van der Waals surface area contributed by atoms with Gasteiger partial charge in [-0.15, -0.1) is 0 Å². The average molecular weight is 390 g/mol. The third-order valence-corrected chi connectivity index (χ3v) is 4.56. The van der Waals surface area contributed by atoms with Crippen LogP contribution in [0.5, 0.6) is 0 Å². The lowest BCUT2D eigenvalue weighted by molar-refractivity contribution is -0.690. The lowest BCUT2D eigenvalue weighted by atomic mass is 10.1. The van der Waals surface area contributed by atoms with Crippen molar-refractivity contribution in [3.63, 3.8) is 0 Å². The highest BCUT2D eigenvalue weighted by atomic mass is 35.5. The monoisotopic (exact) mass is 389 g/mol. The van der Waals surface area contributed by atoms with E-state index in [4.69, 9.17) is 0 Å². The van der Waals surface area contributed by atoms with Gasteiger partial charge in [-0.2, -0.15) is 0 Å². The maximum Gasteiger partial charge on any atom is 0.266 e. The van der Waals surface area contributed by atoms with Gasteiger partial charge in [-0.1, -0.05) is 6.07 Å². The Morgan fingerprint density at radius 1 is 1.11 bits per heavy atom. The van der Waals surface area contributed by atoms with E-state index in [2.05, 4.69) is 9.88 Å². The number of imidazole rings is 1. The summed E-state index contributed by atoms with van der Waals surface area (Å²) in [5, 5.41) is 2.72. The number of nitrogens with one attached hydrogen (secondary N) is 1. The highest BCUT2D eigenvalue weighted by Crippen LogP contribution is 2.25. The van der Waals surface area contributed by atoms with E-state index in [-0.39, 0.29) is 36.5 Å². The van der Waals surface area contributed by atoms with Crippen molar-refractivity contribution in [2.24, 2.45) is 0 Å². The van der Waals surface area contributed by atoms with Crippen LogP contribution in [-0.2, 0) is 24.3 Å². The number of halogens is 3. The minimum Gasteiger partial charge on any atom is -1.00 e. The number of benzene rings is 2. The first kappa shape index (κ1) is 19.0. The van der Waals surface area contributed by atoms with Crippen molar-refractivity contribution in [2.75, 3.05) is 5.32 Å². The maximum atomic E-state index is 13.3. The zero-order valence-electron chi connectivity index (χ0n) is 14.5. The maximum absolute atomic E-state index is 13.3. The first-order valence-electron chi connectivity index (χ1n) is 8.53. The number of carbonyl (C=O) groups is 1. The van der Waals surface area contributed by atoms with Crippen molar-refractivity contribution in [1.82, 2.24) is 4.57 Å². The Bertz CT molecular complexity index is 970. The molecule has 4 nitrogen and oxygen atoms in total. The number of hydrogen-bond donors (Lipinski definition) is 1. The molecule has 1 aliphatic rings. The van der Waals surface area contributed by atoms with Gasteiger partial charge < -0.3 is 17.7 Å². The molecule has 2 heterocycles. The molecule has 0 atom stereocenters. The Hall–Kier alpha value is -2.73. The number of aromatic nitrogens is 2. The normalized spacial score (nSPS) is 12.4. The van der Waals surface area contributed by atoms with Crippen LogP contribution in [0.4, 0.5) is 14.5 Å². The van der Waals surface area contributed by atoms with Crippen LogP contribution < -0.4 is 22.3 Å². The number of carbonyl (C=O) groups excluding carboxylic acids is 1. The van der Waals surface area contributed by atoms with Gasteiger partial charge in [0.2, 0.25) is 0 Å². The van der Waals surface area contributed by atoms with Gasteiger partial charge in [0, 0.05) is 11.3 Å². The third-order valence-electron chi connectivity index (χ3n) is 4.56. The first-order valence-corrected chi connectivity index (χ1v) is 8.53. The second-order valence-electron chi connectivity index (χ2n) is 6.38. The minimum atomic E-state index is -0.390.